The molecule has 4 nitrogen and oxygen atoms in total. The zero-order valence-corrected chi connectivity index (χ0v) is 13.2. The van der Waals surface area contributed by atoms with Gasteiger partial charge >= 0.3 is 0 Å². The van der Waals surface area contributed by atoms with Crippen LogP contribution in [0.2, 0.25) is 5.02 Å². The van der Waals surface area contributed by atoms with Gasteiger partial charge in [-0.2, -0.15) is 5.10 Å². The Balaban J connectivity index is 2.07. The summed E-state index contributed by atoms with van der Waals surface area (Å²) in [5, 5.41) is 14.1. The molecule has 0 spiro atoms. The third-order valence-electron chi connectivity index (χ3n) is 3.39. The Bertz CT molecular complexity index is 579. The van der Waals surface area contributed by atoms with Crippen molar-refractivity contribution in [3.05, 3.63) is 46.2 Å². The molecule has 0 fully saturated rings. The lowest BCUT2D eigenvalue weighted by Gasteiger charge is -2.09. The Labute approximate surface area is 130 Å². The molecule has 0 aliphatic carbocycles. The predicted molar refractivity (Wildman–Crippen MR) is 83.9 cm³/mol. The van der Waals surface area contributed by atoms with E-state index < -0.39 is 0 Å². The molecule has 0 saturated carbocycles. The molecule has 0 amide bonds. The van der Waals surface area contributed by atoms with E-state index in [2.05, 4.69) is 5.10 Å². The zero-order valence-electron chi connectivity index (χ0n) is 12.5. The first-order chi connectivity index (χ1) is 10.2. The molecule has 0 saturated heterocycles. The predicted octanol–water partition coefficient (Wildman–Crippen LogP) is 3.23. The first-order valence-corrected chi connectivity index (χ1v) is 7.64. The van der Waals surface area contributed by atoms with Crippen LogP contribution in [-0.2, 0) is 26.0 Å². The van der Waals surface area contributed by atoms with Crippen LogP contribution in [0.1, 0.15) is 30.8 Å². The number of hydrogen-bond acceptors (Lipinski definition) is 3. The largest absolute Gasteiger partial charge is 0.487 e. The van der Waals surface area contributed by atoms with Gasteiger partial charge in [0, 0.05) is 13.2 Å². The van der Waals surface area contributed by atoms with Gasteiger partial charge < -0.3 is 9.84 Å². The van der Waals surface area contributed by atoms with Crippen LogP contribution in [0.25, 0.3) is 0 Å². The average molecular weight is 309 g/mol. The lowest BCUT2D eigenvalue weighted by atomic mass is 10.1. The molecule has 2 aromatic rings. The number of aryl methyl sites for hydroxylation is 2. The van der Waals surface area contributed by atoms with Crippen LogP contribution >= 0.6 is 11.6 Å². The minimum atomic E-state index is 0.158. The molecule has 0 aliphatic heterocycles. The van der Waals surface area contributed by atoms with Crippen LogP contribution in [0, 0.1) is 0 Å². The molecule has 2 rings (SSSR count). The zero-order chi connectivity index (χ0) is 15.2. The van der Waals surface area contributed by atoms with Crippen molar-refractivity contribution in [1.82, 2.24) is 9.78 Å². The number of aliphatic hydroxyl groups is 1. The lowest BCUT2D eigenvalue weighted by molar-refractivity contribution is 0.291. The number of aliphatic hydroxyl groups excluding tert-OH is 1. The van der Waals surface area contributed by atoms with E-state index in [9.17, 15) is 0 Å². The van der Waals surface area contributed by atoms with E-state index in [0.717, 1.165) is 35.7 Å². The van der Waals surface area contributed by atoms with Crippen molar-refractivity contribution in [2.45, 2.75) is 39.8 Å². The highest BCUT2D eigenvalue weighted by Crippen LogP contribution is 2.23. The van der Waals surface area contributed by atoms with Crippen molar-refractivity contribution in [1.29, 1.82) is 0 Å². The van der Waals surface area contributed by atoms with Crippen LogP contribution in [-0.4, -0.2) is 21.5 Å². The van der Waals surface area contributed by atoms with Gasteiger partial charge in [0.25, 0.3) is 0 Å². The second-order valence-electron chi connectivity index (χ2n) is 4.78. The minimum Gasteiger partial charge on any atom is -0.487 e. The van der Waals surface area contributed by atoms with Gasteiger partial charge in [0.1, 0.15) is 12.4 Å². The van der Waals surface area contributed by atoms with Crippen LogP contribution < -0.4 is 4.74 Å². The van der Waals surface area contributed by atoms with Gasteiger partial charge in [-0.05, 0) is 37.5 Å². The Morgan fingerprint density at radius 2 is 1.95 bits per heavy atom. The standard InChI is InChI=1S/C16H21ClN2O2/c1-3-14-16(17)15(19(4-2)18-14)11-21-13-7-5-12(6-8-13)9-10-20/h5-8,20H,3-4,9-11H2,1-2H3. The van der Waals surface area contributed by atoms with E-state index in [1.54, 1.807) is 0 Å². The maximum absolute atomic E-state index is 8.90. The van der Waals surface area contributed by atoms with E-state index in [1.165, 1.54) is 0 Å². The van der Waals surface area contributed by atoms with E-state index in [4.69, 9.17) is 21.4 Å². The highest BCUT2D eigenvalue weighted by atomic mass is 35.5. The van der Waals surface area contributed by atoms with Crippen LogP contribution in [0.15, 0.2) is 24.3 Å². The Hall–Kier alpha value is -1.52. The molecular weight excluding hydrogens is 288 g/mol. The molecule has 1 aromatic carbocycles. The molecule has 0 aliphatic rings. The molecule has 5 heteroatoms. The maximum Gasteiger partial charge on any atom is 0.131 e. The number of rotatable bonds is 7. The molecule has 0 unspecified atom stereocenters. The summed E-state index contributed by atoms with van der Waals surface area (Å²) in [6, 6.07) is 7.74. The second kappa shape index (κ2) is 7.48. The van der Waals surface area contributed by atoms with Crippen molar-refractivity contribution >= 4 is 11.6 Å². The van der Waals surface area contributed by atoms with E-state index in [1.807, 2.05) is 42.8 Å². The van der Waals surface area contributed by atoms with Crippen LogP contribution in [0.4, 0.5) is 0 Å². The second-order valence-corrected chi connectivity index (χ2v) is 5.16. The SMILES string of the molecule is CCc1nn(CC)c(COc2ccc(CCO)cc2)c1Cl. The fraction of sp³-hybridized carbons (Fsp3) is 0.438. The summed E-state index contributed by atoms with van der Waals surface area (Å²) >= 11 is 6.35. The van der Waals surface area contributed by atoms with Crippen LogP contribution in [0.3, 0.4) is 0 Å². The summed E-state index contributed by atoms with van der Waals surface area (Å²) in [6.45, 7) is 5.41. The number of nitrogens with zero attached hydrogens (tertiary/aromatic N) is 2. The number of benzene rings is 1. The molecule has 0 radical (unpaired) electrons. The third kappa shape index (κ3) is 3.77. The monoisotopic (exact) mass is 308 g/mol. The summed E-state index contributed by atoms with van der Waals surface area (Å²) in [4.78, 5) is 0. The van der Waals surface area contributed by atoms with Crippen molar-refractivity contribution in [2.24, 2.45) is 0 Å². The third-order valence-corrected chi connectivity index (χ3v) is 3.83. The summed E-state index contributed by atoms with van der Waals surface area (Å²) in [6.07, 6.45) is 1.48. The summed E-state index contributed by atoms with van der Waals surface area (Å²) in [5.41, 5.74) is 2.92. The van der Waals surface area contributed by atoms with Crippen molar-refractivity contribution in [3.63, 3.8) is 0 Å². The Morgan fingerprint density at radius 1 is 1.24 bits per heavy atom. The van der Waals surface area contributed by atoms with Gasteiger partial charge in [0.2, 0.25) is 0 Å². The average Bonchev–Trinajstić information content (AvgIpc) is 2.82. The quantitative estimate of drug-likeness (QED) is 0.854. The topological polar surface area (TPSA) is 47.3 Å². The van der Waals surface area contributed by atoms with E-state index in [0.29, 0.717) is 18.1 Å². The highest BCUT2D eigenvalue weighted by Gasteiger charge is 2.14. The smallest absolute Gasteiger partial charge is 0.131 e. The highest BCUT2D eigenvalue weighted by molar-refractivity contribution is 6.31. The molecule has 21 heavy (non-hydrogen) atoms. The molecule has 0 bridgehead atoms. The summed E-state index contributed by atoms with van der Waals surface area (Å²) < 4.78 is 7.69. The number of ether oxygens (including phenoxy) is 1. The molecule has 1 heterocycles. The van der Waals surface area contributed by atoms with Gasteiger partial charge in [0.15, 0.2) is 0 Å². The molecule has 1 N–H and O–H groups in total. The Kier molecular flexibility index (Phi) is 5.65. The summed E-state index contributed by atoms with van der Waals surface area (Å²) in [7, 11) is 0. The first-order valence-electron chi connectivity index (χ1n) is 7.26. The fourth-order valence-corrected chi connectivity index (χ4v) is 2.51. The first kappa shape index (κ1) is 15.9. The van der Waals surface area contributed by atoms with Crippen LogP contribution in [0.5, 0.6) is 5.75 Å². The lowest BCUT2D eigenvalue weighted by Crippen LogP contribution is -2.06. The van der Waals surface area contributed by atoms with Crippen molar-refractivity contribution in [2.75, 3.05) is 6.61 Å². The fourth-order valence-electron chi connectivity index (χ4n) is 2.19. The number of aromatic nitrogens is 2. The maximum atomic E-state index is 8.90. The number of hydrogen-bond donors (Lipinski definition) is 1. The summed E-state index contributed by atoms with van der Waals surface area (Å²) in [5.74, 6) is 0.787. The van der Waals surface area contributed by atoms with Gasteiger partial charge in [-0.15, -0.1) is 0 Å². The molecular formula is C16H21ClN2O2. The van der Waals surface area contributed by atoms with Gasteiger partial charge in [-0.25, -0.2) is 0 Å². The van der Waals surface area contributed by atoms with Crippen molar-refractivity contribution < 1.29 is 9.84 Å². The van der Waals surface area contributed by atoms with Gasteiger partial charge in [-0.1, -0.05) is 30.7 Å². The van der Waals surface area contributed by atoms with E-state index in [-0.39, 0.29) is 6.61 Å². The van der Waals surface area contributed by atoms with Gasteiger partial charge in [-0.3, -0.25) is 4.68 Å². The molecule has 114 valence electrons. The molecule has 1 aromatic heterocycles. The minimum absolute atomic E-state index is 0.158. The Morgan fingerprint density at radius 3 is 2.52 bits per heavy atom. The van der Waals surface area contributed by atoms with Crippen molar-refractivity contribution in [3.8, 4) is 5.75 Å². The van der Waals surface area contributed by atoms with Gasteiger partial charge in [0.05, 0.1) is 16.4 Å². The normalized spacial score (nSPS) is 10.9. The number of halogens is 1. The molecule has 0 atom stereocenters. The van der Waals surface area contributed by atoms with E-state index >= 15 is 0 Å².